The van der Waals surface area contributed by atoms with Crippen LogP contribution < -0.4 is 4.18 Å². The van der Waals surface area contributed by atoms with Gasteiger partial charge in [0.25, 0.3) is 0 Å². The van der Waals surface area contributed by atoms with Crippen LogP contribution in [0.4, 0.5) is 0 Å². The molecule has 0 aliphatic heterocycles. The van der Waals surface area contributed by atoms with Crippen molar-refractivity contribution in [2.75, 3.05) is 6.26 Å². The molecule has 0 aliphatic rings. The van der Waals surface area contributed by atoms with Crippen LogP contribution in [0, 0.1) is 13.8 Å². The summed E-state index contributed by atoms with van der Waals surface area (Å²) in [7, 11) is -3.44. The van der Waals surface area contributed by atoms with Gasteiger partial charge in [-0.1, -0.05) is 15.9 Å². The highest BCUT2D eigenvalue weighted by molar-refractivity contribution is 9.10. The number of aryl methyl sites for hydroxylation is 2. The van der Waals surface area contributed by atoms with E-state index < -0.39 is 10.1 Å². The predicted octanol–water partition coefficient (Wildman–Crippen LogP) is 2.40. The maximum absolute atomic E-state index is 10.9. The summed E-state index contributed by atoms with van der Waals surface area (Å²) in [6, 6.07) is 3.36. The zero-order valence-electron chi connectivity index (χ0n) is 8.17. The highest BCUT2D eigenvalue weighted by Crippen LogP contribution is 2.26. The third-order valence-corrected chi connectivity index (χ3v) is 3.40. The largest absolute Gasteiger partial charge is 0.383 e. The van der Waals surface area contributed by atoms with Crippen LogP contribution in [-0.2, 0) is 10.1 Å². The molecule has 0 bridgehead atoms. The Hall–Kier alpha value is -0.550. The molecule has 0 radical (unpaired) electrons. The number of hydrogen-bond acceptors (Lipinski definition) is 3. The minimum atomic E-state index is -3.44. The first-order valence-electron chi connectivity index (χ1n) is 3.96. The Morgan fingerprint density at radius 1 is 1.21 bits per heavy atom. The molecule has 0 spiro atoms. The quantitative estimate of drug-likeness (QED) is 0.781. The van der Waals surface area contributed by atoms with Crippen LogP contribution in [0.3, 0.4) is 0 Å². The van der Waals surface area contributed by atoms with Gasteiger partial charge in [-0.3, -0.25) is 0 Å². The zero-order valence-corrected chi connectivity index (χ0v) is 10.6. The fourth-order valence-electron chi connectivity index (χ4n) is 1.13. The van der Waals surface area contributed by atoms with Crippen molar-refractivity contribution in [2.24, 2.45) is 0 Å². The summed E-state index contributed by atoms with van der Waals surface area (Å²) in [5.74, 6) is 0.353. The normalized spacial score (nSPS) is 11.4. The molecule has 14 heavy (non-hydrogen) atoms. The Bertz CT molecular complexity index is 428. The molecule has 0 saturated carbocycles. The van der Waals surface area contributed by atoms with Crippen LogP contribution in [0.2, 0.25) is 0 Å². The van der Waals surface area contributed by atoms with Gasteiger partial charge in [-0.2, -0.15) is 8.42 Å². The van der Waals surface area contributed by atoms with Crippen molar-refractivity contribution in [2.45, 2.75) is 13.8 Å². The van der Waals surface area contributed by atoms with Gasteiger partial charge in [0.05, 0.1) is 6.26 Å². The van der Waals surface area contributed by atoms with Crippen molar-refractivity contribution < 1.29 is 12.6 Å². The summed E-state index contributed by atoms with van der Waals surface area (Å²) in [6.07, 6.45) is 1.03. The second-order valence-electron chi connectivity index (χ2n) is 3.16. The van der Waals surface area contributed by atoms with Gasteiger partial charge in [0, 0.05) is 4.47 Å². The highest BCUT2D eigenvalue weighted by Gasteiger charge is 2.07. The Morgan fingerprint density at radius 2 is 1.64 bits per heavy atom. The van der Waals surface area contributed by atoms with E-state index in [1.807, 2.05) is 13.8 Å². The van der Waals surface area contributed by atoms with Crippen molar-refractivity contribution in [3.8, 4) is 5.75 Å². The molecule has 0 amide bonds. The monoisotopic (exact) mass is 278 g/mol. The highest BCUT2D eigenvalue weighted by atomic mass is 79.9. The van der Waals surface area contributed by atoms with Crippen LogP contribution in [0.1, 0.15) is 11.1 Å². The molecule has 0 heterocycles. The molecule has 0 N–H and O–H groups in total. The number of rotatable bonds is 2. The van der Waals surface area contributed by atoms with Gasteiger partial charge >= 0.3 is 10.1 Å². The molecule has 78 valence electrons. The first-order chi connectivity index (χ1) is 6.29. The smallest absolute Gasteiger partial charge is 0.306 e. The molecule has 0 fully saturated rings. The van der Waals surface area contributed by atoms with Crippen LogP contribution in [-0.4, -0.2) is 14.7 Å². The van der Waals surface area contributed by atoms with E-state index in [1.165, 1.54) is 0 Å². The second kappa shape index (κ2) is 3.90. The third-order valence-electron chi connectivity index (χ3n) is 1.66. The Kier molecular flexibility index (Phi) is 3.21. The lowest BCUT2D eigenvalue weighted by Crippen LogP contribution is -2.06. The van der Waals surface area contributed by atoms with E-state index in [9.17, 15) is 8.42 Å². The average molecular weight is 279 g/mol. The van der Waals surface area contributed by atoms with Gasteiger partial charge in [0.15, 0.2) is 0 Å². The molecule has 1 aromatic rings. The molecule has 0 saturated heterocycles. The van der Waals surface area contributed by atoms with E-state index in [2.05, 4.69) is 15.9 Å². The molecular formula is C9H11BrO3S. The molecular weight excluding hydrogens is 268 g/mol. The maximum Gasteiger partial charge on any atom is 0.306 e. The van der Waals surface area contributed by atoms with Crippen LogP contribution in [0.15, 0.2) is 16.6 Å². The molecule has 0 aliphatic carbocycles. The lowest BCUT2D eigenvalue weighted by Gasteiger charge is -2.07. The Morgan fingerprint density at radius 3 is 2.00 bits per heavy atom. The van der Waals surface area contributed by atoms with Crippen molar-refractivity contribution in [1.29, 1.82) is 0 Å². The van der Waals surface area contributed by atoms with Gasteiger partial charge in [-0.15, -0.1) is 0 Å². The topological polar surface area (TPSA) is 43.4 Å². The second-order valence-corrected chi connectivity index (χ2v) is 5.53. The van der Waals surface area contributed by atoms with Crippen LogP contribution >= 0.6 is 15.9 Å². The average Bonchev–Trinajstić information content (AvgIpc) is 1.96. The molecule has 0 aromatic heterocycles. The van der Waals surface area contributed by atoms with Crippen molar-refractivity contribution in [1.82, 2.24) is 0 Å². The number of benzene rings is 1. The third kappa shape index (κ3) is 2.99. The first kappa shape index (κ1) is 11.5. The summed E-state index contributed by atoms with van der Waals surface area (Å²) in [5.41, 5.74) is 1.90. The van der Waals surface area contributed by atoms with E-state index in [-0.39, 0.29) is 0 Å². The van der Waals surface area contributed by atoms with Crippen molar-refractivity contribution in [3.05, 3.63) is 27.7 Å². The molecule has 0 unspecified atom stereocenters. The predicted molar refractivity (Wildman–Crippen MR) is 59.1 cm³/mol. The van der Waals surface area contributed by atoms with E-state index in [0.29, 0.717) is 5.75 Å². The summed E-state index contributed by atoms with van der Waals surface area (Å²) in [4.78, 5) is 0. The fraction of sp³-hybridized carbons (Fsp3) is 0.333. The van der Waals surface area contributed by atoms with E-state index in [0.717, 1.165) is 21.9 Å². The standard InChI is InChI=1S/C9H11BrO3S/c1-6-4-8(13-14(3,11)12)5-7(2)9(6)10/h4-5H,1-3H3. The summed E-state index contributed by atoms with van der Waals surface area (Å²) >= 11 is 3.39. The van der Waals surface area contributed by atoms with E-state index >= 15 is 0 Å². The van der Waals surface area contributed by atoms with Gasteiger partial charge in [0.2, 0.25) is 0 Å². The van der Waals surface area contributed by atoms with Crippen molar-refractivity contribution >= 4 is 26.0 Å². The lowest BCUT2D eigenvalue weighted by molar-refractivity contribution is 0.492. The molecule has 1 aromatic carbocycles. The minimum Gasteiger partial charge on any atom is -0.383 e. The van der Waals surface area contributed by atoms with Crippen molar-refractivity contribution in [3.63, 3.8) is 0 Å². The summed E-state index contributed by atoms with van der Waals surface area (Å²) < 4.78 is 27.5. The van der Waals surface area contributed by atoms with E-state index in [4.69, 9.17) is 4.18 Å². The maximum atomic E-state index is 10.9. The zero-order chi connectivity index (χ0) is 10.9. The molecule has 0 atom stereocenters. The Labute approximate surface area is 92.3 Å². The minimum absolute atomic E-state index is 0.353. The molecule has 3 nitrogen and oxygen atoms in total. The number of halogens is 1. The van der Waals surface area contributed by atoms with E-state index in [1.54, 1.807) is 12.1 Å². The lowest BCUT2D eigenvalue weighted by atomic mass is 10.1. The van der Waals surface area contributed by atoms with Crippen LogP contribution in [0.5, 0.6) is 5.75 Å². The van der Waals surface area contributed by atoms with Gasteiger partial charge < -0.3 is 4.18 Å². The molecule has 5 heteroatoms. The van der Waals surface area contributed by atoms with Crippen LogP contribution in [0.25, 0.3) is 0 Å². The van der Waals surface area contributed by atoms with Gasteiger partial charge in [0.1, 0.15) is 5.75 Å². The SMILES string of the molecule is Cc1cc(OS(C)(=O)=O)cc(C)c1Br. The summed E-state index contributed by atoms with van der Waals surface area (Å²) in [5, 5.41) is 0. The number of hydrogen-bond donors (Lipinski definition) is 0. The van der Waals surface area contributed by atoms with Gasteiger partial charge in [-0.05, 0) is 37.1 Å². The molecule has 1 rings (SSSR count). The first-order valence-corrected chi connectivity index (χ1v) is 6.57. The van der Waals surface area contributed by atoms with Gasteiger partial charge in [-0.25, -0.2) is 0 Å². The Balaban J connectivity index is 3.14. The fourth-order valence-corrected chi connectivity index (χ4v) is 1.80. The summed E-state index contributed by atoms with van der Waals surface area (Å²) in [6.45, 7) is 3.76.